The summed E-state index contributed by atoms with van der Waals surface area (Å²) in [5, 5.41) is 4.42. The van der Waals surface area contributed by atoms with Crippen LogP contribution in [0.25, 0.3) is 0 Å². The average Bonchev–Trinajstić information content (AvgIpc) is 2.84. The molecule has 1 aliphatic heterocycles. The first-order valence-electron chi connectivity index (χ1n) is 6.88. The van der Waals surface area contributed by atoms with Crippen molar-refractivity contribution in [2.45, 2.75) is 20.4 Å². The molecule has 1 aliphatic rings. The number of piperazine rings is 1. The van der Waals surface area contributed by atoms with Gasteiger partial charge in [0.05, 0.1) is 6.54 Å². The average molecular weight is 309 g/mol. The molecule has 0 bridgehead atoms. The summed E-state index contributed by atoms with van der Waals surface area (Å²) in [5.41, 5.74) is 0. The van der Waals surface area contributed by atoms with E-state index < -0.39 is 0 Å². The number of nitrogens with zero attached hydrogens (tertiary/aromatic N) is 6. The van der Waals surface area contributed by atoms with Crippen LogP contribution in [-0.2, 0) is 6.54 Å². The van der Waals surface area contributed by atoms with Crippen molar-refractivity contribution < 1.29 is 4.52 Å². The fraction of sp³-hybridized carbons (Fsp3) is 0.538. The molecule has 1 saturated heterocycles. The fourth-order valence-electron chi connectivity index (χ4n) is 2.42. The summed E-state index contributed by atoms with van der Waals surface area (Å²) in [5.74, 6) is 2.93. The van der Waals surface area contributed by atoms with Crippen molar-refractivity contribution in [2.24, 2.45) is 0 Å². The molecule has 112 valence electrons. The zero-order chi connectivity index (χ0) is 14.8. The molecule has 3 heterocycles. The van der Waals surface area contributed by atoms with Gasteiger partial charge >= 0.3 is 0 Å². The third-order valence-electron chi connectivity index (χ3n) is 3.42. The van der Waals surface area contributed by atoms with E-state index in [9.17, 15) is 0 Å². The van der Waals surface area contributed by atoms with E-state index >= 15 is 0 Å². The Hall–Kier alpha value is -1.73. The van der Waals surface area contributed by atoms with Crippen LogP contribution in [0.5, 0.6) is 0 Å². The van der Waals surface area contributed by atoms with Gasteiger partial charge in [0, 0.05) is 39.2 Å². The zero-order valence-electron chi connectivity index (χ0n) is 12.1. The molecule has 2 aromatic heterocycles. The van der Waals surface area contributed by atoms with Crippen LogP contribution in [-0.4, -0.2) is 51.2 Å². The molecule has 8 heteroatoms. The largest absolute Gasteiger partial charge is 0.354 e. The highest BCUT2D eigenvalue weighted by molar-refractivity contribution is 6.29. The van der Waals surface area contributed by atoms with Crippen molar-refractivity contribution in [2.75, 3.05) is 31.1 Å². The molecule has 21 heavy (non-hydrogen) atoms. The van der Waals surface area contributed by atoms with Crippen molar-refractivity contribution >= 4 is 17.4 Å². The summed E-state index contributed by atoms with van der Waals surface area (Å²) < 4.78 is 4.99. The van der Waals surface area contributed by atoms with Crippen LogP contribution in [0.3, 0.4) is 0 Å². The van der Waals surface area contributed by atoms with Crippen LogP contribution in [0, 0.1) is 13.8 Å². The Morgan fingerprint density at radius 2 is 1.90 bits per heavy atom. The molecule has 1 fully saturated rings. The van der Waals surface area contributed by atoms with Gasteiger partial charge in [-0.15, -0.1) is 0 Å². The van der Waals surface area contributed by atoms with Gasteiger partial charge in [-0.05, 0) is 6.92 Å². The molecule has 0 amide bonds. The molecule has 0 aromatic carbocycles. The van der Waals surface area contributed by atoms with E-state index in [4.69, 9.17) is 16.1 Å². The number of aromatic nitrogens is 4. The number of hydrogen-bond donors (Lipinski definition) is 0. The summed E-state index contributed by atoms with van der Waals surface area (Å²) in [4.78, 5) is 17.3. The topological polar surface area (TPSA) is 71.2 Å². The highest BCUT2D eigenvalue weighted by Gasteiger charge is 2.20. The lowest BCUT2D eigenvalue weighted by Gasteiger charge is -2.34. The normalized spacial score (nSPS) is 16.4. The SMILES string of the molecule is Cc1nc(Cl)cc(N2CCN(Cc3noc(C)n3)CC2)n1. The summed E-state index contributed by atoms with van der Waals surface area (Å²) >= 11 is 5.99. The van der Waals surface area contributed by atoms with Crippen molar-refractivity contribution in [3.05, 3.63) is 28.8 Å². The molecule has 3 rings (SSSR count). The Labute approximate surface area is 127 Å². The fourth-order valence-corrected chi connectivity index (χ4v) is 2.64. The van der Waals surface area contributed by atoms with E-state index in [1.807, 2.05) is 13.0 Å². The first-order chi connectivity index (χ1) is 10.1. The quantitative estimate of drug-likeness (QED) is 0.795. The Morgan fingerprint density at radius 1 is 1.14 bits per heavy atom. The van der Waals surface area contributed by atoms with Gasteiger partial charge in [-0.2, -0.15) is 4.98 Å². The minimum absolute atomic E-state index is 0.488. The molecular weight excluding hydrogens is 292 g/mol. The molecule has 7 nitrogen and oxygen atoms in total. The van der Waals surface area contributed by atoms with E-state index in [1.165, 1.54) is 0 Å². The number of anilines is 1. The van der Waals surface area contributed by atoms with Crippen LogP contribution in [0.4, 0.5) is 5.82 Å². The Balaban J connectivity index is 1.59. The van der Waals surface area contributed by atoms with Crippen LogP contribution in [0.2, 0.25) is 5.15 Å². The van der Waals surface area contributed by atoms with Gasteiger partial charge in [0.25, 0.3) is 0 Å². The molecule has 0 unspecified atom stereocenters. The lowest BCUT2D eigenvalue weighted by atomic mass is 10.3. The van der Waals surface area contributed by atoms with Crippen molar-refractivity contribution in [3.63, 3.8) is 0 Å². The third-order valence-corrected chi connectivity index (χ3v) is 3.62. The molecule has 0 saturated carbocycles. The lowest BCUT2D eigenvalue weighted by Crippen LogP contribution is -2.46. The Bertz CT molecular complexity index is 603. The number of rotatable bonds is 3. The second kappa shape index (κ2) is 5.95. The van der Waals surface area contributed by atoms with Crippen LogP contribution >= 0.6 is 11.6 Å². The maximum atomic E-state index is 5.99. The van der Waals surface area contributed by atoms with Crippen LogP contribution in [0.1, 0.15) is 17.5 Å². The maximum Gasteiger partial charge on any atom is 0.223 e. The van der Waals surface area contributed by atoms with E-state index in [2.05, 4.69) is 29.9 Å². The third kappa shape index (κ3) is 3.48. The van der Waals surface area contributed by atoms with Gasteiger partial charge in [-0.3, -0.25) is 4.90 Å². The molecular formula is C13H17ClN6O. The minimum Gasteiger partial charge on any atom is -0.354 e. The van der Waals surface area contributed by atoms with Gasteiger partial charge in [-0.1, -0.05) is 16.8 Å². The Morgan fingerprint density at radius 3 is 2.52 bits per heavy atom. The van der Waals surface area contributed by atoms with Crippen molar-refractivity contribution in [3.8, 4) is 0 Å². The molecule has 0 spiro atoms. The Kier molecular flexibility index (Phi) is 4.03. The highest BCUT2D eigenvalue weighted by atomic mass is 35.5. The first kappa shape index (κ1) is 14.2. The van der Waals surface area contributed by atoms with Crippen molar-refractivity contribution in [1.82, 2.24) is 25.0 Å². The van der Waals surface area contributed by atoms with E-state index in [0.717, 1.165) is 44.4 Å². The van der Waals surface area contributed by atoms with E-state index in [0.29, 0.717) is 16.9 Å². The van der Waals surface area contributed by atoms with Crippen LogP contribution in [0.15, 0.2) is 10.6 Å². The van der Waals surface area contributed by atoms with Gasteiger partial charge in [0.15, 0.2) is 5.82 Å². The predicted molar refractivity (Wildman–Crippen MR) is 78.3 cm³/mol. The van der Waals surface area contributed by atoms with Gasteiger partial charge in [0.1, 0.15) is 16.8 Å². The first-order valence-corrected chi connectivity index (χ1v) is 7.25. The molecule has 0 N–H and O–H groups in total. The summed E-state index contributed by atoms with van der Waals surface area (Å²) in [6, 6.07) is 1.81. The highest BCUT2D eigenvalue weighted by Crippen LogP contribution is 2.18. The predicted octanol–water partition coefficient (Wildman–Crippen LogP) is 1.45. The van der Waals surface area contributed by atoms with Gasteiger partial charge < -0.3 is 9.42 Å². The zero-order valence-corrected chi connectivity index (χ0v) is 12.8. The summed E-state index contributed by atoms with van der Waals surface area (Å²) in [7, 11) is 0. The number of hydrogen-bond acceptors (Lipinski definition) is 7. The number of halogens is 1. The van der Waals surface area contributed by atoms with Crippen molar-refractivity contribution in [1.29, 1.82) is 0 Å². The van der Waals surface area contributed by atoms with E-state index in [1.54, 1.807) is 6.92 Å². The molecule has 2 aromatic rings. The van der Waals surface area contributed by atoms with E-state index in [-0.39, 0.29) is 0 Å². The van der Waals surface area contributed by atoms with Gasteiger partial charge in [0.2, 0.25) is 5.89 Å². The molecule has 0 radical (unpaired) electrons. The number of aryl methyl sites for hydroxylation is 2. The second-order valence-electron chi connectivity index (χ2n) is 5.09. The van der Waals surface area contributed by atoms with Crippen LogP contribution < -0.4 is 4.90 Å². The monoisotopic (exact) mass is 308 g/mol. The maximum absolute atomic E-state index is 5.99. The second-order valence-corrected chi connectivity index (χ2v) is 5.48. The lowest BCUT2D eigenvalue weighted by molar-refractivity contribution is 0.239. The minimum atomic E-state index is 0.488. The molecule has 0 aliphatic carbocycles. The standard InChI is InChI=1S/C13H17ClN6O/c1-9-15-11(14)7-13(16-9)20-5-3-19(4-6-20)8-12-17-10(2)21-18-12/h7H,3-6,8H2,1-2H3. The smallest absolute Gasteiger partial charge is 0.223 e. The summed E-state index contributed by atoms with van der Waals surface area (Å²) in [6.07, 6.45) is 0. The summed E-state index contributed by atoms with van der Waals surface area (Å²) in [6.45, 7) is 8.00. The van der Waals surface area contributed by atoms with Gasteiger partial charge in [-0.25, -0.2) is 9.97 Å². The molecule has 0 atom stereocenters.